The monoisotopic (exact) mass is 526 g/mol. The fourth-order valence-corrected chi connectivity index (χ4v) is 4.85. The molecule has 3 aromatic rings. The average Bonchev–Trinajstić information content (AvgIpc) is 3.25. The molecule has 200 valence electrons. The number of hydrogen-bond acceptors (Lipinski definition) is 3. The number of allylic oxidation sites excluding steroid dienone is 2. The summed E-state index contributed by atoms with van der Waals surface area (Å²) in [5.41, 5.74) is 3.00. The van der Waals surface area contributed by atoms with Gasteiger partial charge in [-0.05, 0) is 76.8 Å². The van der Waals surface area contributed by atoms with E-state index >= 15 is 4.39 Å². The van der Waals surface area contributed by atoms with Gasteiger partial charge in [-0.15, -0.1) is 0 Å². The lowest BCUT2D eigenvalue weighted by Gasteiger charge is -2.25. The first-order valence-electron chi connectivity index (χ1n) is 12.5. The van der Waals surface area contributed by atoms with Gasteiger partial charge in [0.25, 0.3) is 6.43 Å². The van der Waals surface area contributed by atoms with E-state index in [0.717, 1.165) is 41.7 Å². The Balaban J connectivity index is 1.67. The molecule has 0 radical (unpaired) electrons. The van der Waals surface area contributed by atoms with Gasteiger partial charge in [0.15, 0.2) is 11.6 Å². The van der Waals surface area contributed by atoms with Gasteiger partial charge in [0.2, 0.25) is 0 Å². The van der Waals surface area contributed by atoms with Crippen molar-refractivity contribution in [3.63, 3.8) is 0 Å². The highest BCUT2D eigenvalue weighted by molar-refractivity contribution is 5.85. The number of carbonyl (C=O) groups excluding carboxylic acids is 1. The highest BCUT2D eigenvalue weighted by Gasteiger charge is 2.30. The van der Waals surface area contributed by atoms with E-state index in [0.29, 0.717) is 11.1 Å². The van der Waals surface area contributed by atoms with Gasteiger partial charge >= 0.3 is 5.97 Å². The summed E-state index contributed by atoms with van der Waals surface area (Å²) in [5.74, 6) is -1.50. The maximum atomic E-state index is 15.0. The molecule has 0 saturated carbocycles. The van der Waals surface area contributed by atoms with Crippen molar-refractivity contribution in [1.82, 2.24) is 0 Å². The zero-order valence-corrected chi connectivity index (χ0v) is 21.6. The molecule has 3 nitrogen and oxygen atoms in total. The second kappa shape index (κ2) is 11.4. The third-order valence-electron chi connectivity index (χ3n) is 7.02. The second-order valence-corrected chi connectivity index (χ2v) is 10.1. The summed E-state index contributed by atoms with van der Waals surface area (Å²) in [7, 11) is 1.28. The van der Waals surface area contributed by atoms with E-state index in [-0.39, 0.29) is 41.7 Å². The predicted molar refractivity (Wildman–Crippen MR) is 139 cm³/mol. The molecular weight excluding hydrogens is 496 g/mol. The zero-order valence-electron chi connectivity index (χ0n) is 21.6. The second-order valence-electron chi connectivity index (χ2n) is 10.1. The Hall–Kier alpha value is -3.61. The van der Waals surface area contributed by atoms with E-state index in [1.807, 2.05) is 6.07 Å². The standard InChI is InChI=1S/C31H30F4O3/c1-31(2)15-5-7-25(31)23-16-19(9-12-22(23)24-17-21(30(34)35)10-13-26(24)32)18-38-27-8-4-6-20(29(27)33)11-14-28(36)37-3/h4,6-10,12-13,16-17,30H,5,11,14-15,18H2,1-3H3. The maximum Gasteiger partial charge on any atom is 0.305 e. The van der Waals surface area contributed by atoms with Gasteiger partial charge in [0.1, 0.15) is 12.4 Å². The summed E-state index contributed by atoms with van der Waals surface area (Å²) in [6.07, 6.45) is 1.38. The first-order valence-corrected chi connectivity index (χ1v) is 12.5. The molecule has 0 aliphatic heterocycles. The summed E-state index contributed by atoms with van der Waals surface area (Å²) in [6, 6.07) is 13.4. The van der Waals surface area contributed by atoms with Crippen molar-refractivity contribution < 1.29 is 31.8 Å². The molecule has 0 spiro atoms. The fourth-order valence-electron chi connectivity index (χ4n) is 4.85. The molecule has 0 saturated heterocycles. The highest BCUT2D eigenvalue weighted by Crippen LogP contribution is 2.47. The van der Waals surface area contributed by atoms with E-state index in [4.69, 9.17) is 4.74 Å². The van der Waals surface area contributed by atoms with Gasteiger partial charge in [-0.1, -0.05) is 50.3 Å². The van der Waals surface area contributed by atoms with Crippen LogP contribution in [0.3, 0.4) is 0 Å². The Kier molecular flexibility index (Phi) is 8.24. The number of methoxy groups -OCH3 is 1. The summed E-state index contributed by atoms with van der Waals surface area (Å²) in [4.78, 5) is 11.4. The number of benzene rings is 3. The van der Waals surface area contributed by atoms with E-state index in [1.54, 1.807) is 24.3 Å². The number of aryl methyl sites for hydroxylation is 1. The molecular formula is C31H30F4O3. The Bertz CT molecular complexity index is 1360. The van der Waals surface area contributed by atoms with Crippen molar-refractivity contribution >= 4 is 11.5 Å². The zero-order chi connectivity index (χ0) is 27.4. The van der Waals surface area contributed by atoms with Crippen LogP contribution in [0.5, 0.6) is 5.75 Å². The van der Waals surface area contributed by atoms with Crippen LogP contribution in [0.2, 0.25) is 0 Å². The number of esters is 1. The van der Waals surface area contributed by atoms with Crippen molar-refractivity contribution in [2.75, 3.05) is 7.11 Å². The van der Waals surface area contributed by atoms with Gasteiger partial charge < -0.3 is 9.47 Å². The number of alkyl halides is 2. The number of halogens is 4. The quantitative estimate of drug-likeness (QED) is 0.207. The van der Waals surface area contributed by atoms with Crippen LogP contribution in [0.4, 0.5) is 17.6 Å². The Morgan fingerprint density at radius 3 is 2.47 bits per heavy atom. The van der Waals surface area contributed by atoms with Crippen molar-refractivity contribution in [2.24, 2.45) is 5.41 Å². The Morgan fingerprint density at radius 2 is 1.79 bits per heavy atom. The lowest BCUT2D eigenvalue weighted by atomic mass is 9.79. The lowest BCUT2D eigenvalue weighted by molar-refractivity contribution is -0.140. The summed E-state index contributed by atoms with van der Waals surface area (Å²) < 4.78 is 67.1. The molecule has 1 aliphatic rings. The molecule has 0 amide bonds. The topological polar surface area (TPSA) is 35.5 Å². The van der Waals surface area contributed by atoms with Crippen LogP contribution in [-0.2, 0) is 22.6 Å². The van der Waals surface area contributed by atoms with Crippen LogP contribution in [0.1, 0.15) is 61.8 Å². The average molecular weight is 527 g/mol. The summed E-state index contributed by atoms with van der Waals surface area (Å²) in [6.45, 7) is 4.23. The fraction of sp³-hybridized carbons (Fsp3) is 0.323. The van der Waals surface area contributed by atoms with Crippen molar-refractivity contribution in [3.05, 3.63) is 94.6 Å². The minimum atomic E-state index is -2.72. The molecule has 0 fully saturated rings. The highest BCUT2D eigenvalue weighted by atomic mass is 19.3. The Morgan fingerprint density at radius 1 is 1.00 bits per heavy atom. The lowest BCUT2D eigenvalue weighted by Crippen LogP contribution is -2.10. The molecule has 0 N–H and O–H groups in total. The molecule has 0 heterocycles. The molecule has 0 aromatic heterocycles. The first-order chi connectivity index (χ1) is 18.1. The third kappa shape index (κ3) is 5.93. The molecule has 1 aliphatic carbocycles. The largest absolute Gasteiger partial charge is 0.486 e. The molecule has 0 bridgehead atoms. The normalized spacial score (nSPS) is 14.5. The SMILES string of the molecule is COC(=O)CCc1cccc(OCc2ccc(-c3cc(C(F)F)ccc3F)c(C3=CCCC3(C)C)c2)c1F. The minimum absolute atomic E-state index is 0.0396. The van der Waals surface area contributed by atoms with Gasteiger partial charge in [0.05, 0.1) is 7.11 Å². The molecule has 38 heavy (non-hydrogen) atoms. The van der Waals surface area contributed by atoms with E-state index in [9.17, 15) is 18.0 Å². The van der Waals surface area contributed by atoms with Crippen molar-refractivity contribution in [1.29, 1.82) is 0 Å². The number of carbonyl (C=O) groups is 1. The van der Waals surface area contributed by atoms with Crippen LogP contribution in [0.25, 0.3) is 16.7 Å². The molecule has 4 rings (SSSR count). The summed E-state index contributed by atoms with van der Waals surface area (Å²) >= 11 is 0. The molecule has 0 unspecified atom stereocenters. The van der Waals surface area contributed by atoms with Crippen molar-refractivity contribution in [2.45, 2.75) is 52.6 Å². The molecule has 3 aromatic carbocycles. The van der Waals surface area contributed by atoms with Crippen LogP contribution in [0, 0.1) is 17.0 Å². The van der Waals surface area contributed by atoms with Gasteiger partial charge in [-0.2, -0.15) is 0 Å². The third-order valence-corrected chi connectivity index (χ3v) is 7.02. The first kappa shape index (κ1) is 27.4. The molecule has 7 heteroatoms. The Labute approximate surface area is 220 Å². The van der Waals surface area contributed by atoms with Crippen LogP contribution < -0.4 is 4.74 Å². The van der Waals surface area contributed by atoms with Crippen LogP contribution in [-0.4, -0.2) is 13.1 Å². The van der Waals surface area contributed by atoms with Gasteiger partial charge in [-0.25, -0.2) is 17.6 Å². The van der Waals surface area contributed by atoms with E-state index < -0.39 is 24.0 Å². The predicted octanol–water partition coefficient (Wildman–Crippen LogP) is 8.46. The van der Waals surface area contributed by atoms with E-state index in [1.165, 1.54) is 19.2 Å². The number of hydrogen-bond donors (Lipinski definition) is 0. The van der Waals surface area contributed by atoms with E-state index in [2.05, 4.69) is 24.7 Å². The molecule has 0 atom stereocenters. The van der Waals surface area contributed by atoms with Crippen LogP contribution in [0.15, 0.2) is 60.7 Å². The number of rotatable bonds is 9. The van der Waals surface area contributed by atoms with Gasteiger partial charge in [-0.3, -0.25) is 4.79 Å². The smallest absolute Gasteiger partial charge is 0.305 e. The van der Waals surface area contributed by atoms with Gasteiger partial charge in [0, 0.05) is 17.5 Å². The summed E-state index contributed by atoms with van der Waals surface area (Å²) in [5, 5.41) is 0. The van der Waals surface area contributed by atoms with Crippen LogP contribution >= 0.6 is 0 Å². The number of ether oxygens (including phenoxy) is 2. The maximum absolute atomic E-state index is 15.0. The minimum Gasteiger partial charge on any atom is -0.486 e. The van der Waals surface area contributed by atoms with Crippen molar-refractivity contribution in [3.8, 4) is 16.9 Å².